The van der Waals surface area contributed by atoms with E-state index >= 15 is 0 Å². The maximum Gasteiger partial charge on any atom is 0.268 e. The first-order valence-electron chi connectivity index (χ1n) is 8.38. The molecule has 4 heterocycles. The quantitative estimate of drug-likeness (QED) is 0.768. The highest BCUT2D eigenvalue weighted by Crippen LogP contribution is 2.16. The van der Waals surface area contributed by atoms with E-state index in [-0.39, 0.29) is 11.8 Å². The summed E-state index contributed by atoms with van der Waals surface area (Å²) in [6, 6.07) is 5.26. The highest BCUT2D eigenvalue weighted by Gasteiger charge is 2.24. The second-order valence-electron chi connectivity index (χ2n) is 6.27. The van der Waals surface area contributed by atoms with Crippen molar-refractivity contribution in [3.8, 4) is 0 Å². The van der Waals surface area contributed by atoms with Crippen LogP contribution in [0, 0.1) is 0 Å². The highest BCUT2D eigenvalue weighted by molar-refractivity contribution is 5.94. The fraction of sp³-hybridized carbons (Fsp3) is 0.278. The van der Waals surface area contributed by atoms with E-state index < -0.39 is 0 Å². The molecular weight excluding hydrogens is 334 g/mol. The largest absolute Gasteiger partial charge is 0.472 e. The molecule has 0 bridgehead atoms. The van der Waals surface area contributed by atoms with Crippen molar-refractivity contribution in [3.63, 3.8) is 0 Å². The van der Waals surface area contributed by atoms with Crippen molar-refractivity contribution in [2.75, 3.05) is 6.54 Å². The highest BCUT2D eigenvalue weighted by atomic mass is 16.3. The summed E-state index contributed by atoms with van der Waals surface area (Å²) in [5.41, 5.74) is 1.92. The number of amides is 2. The van der Waals surface area contributed by atoms with Gasteiger partial charge in [-0.3, -0.25) is 9.59 Å². The van der Waals surface area contributed by atoms with E-state index in [1.165, 1.54) is 12.5 Å². The molecule has 0 aromatic carbocycles. The van der Waals surface area contributed by atoms with Gasteiger partial charge in [0.2, 0.25) is 0 Å². The summed E-state index contributed by atoms with van der Waals surface area (Å²) in [5, 5.41) is 2.88. The van der Waals surface area contributed by atoms with Crippen molar-refractivity contribution in [2.45, 2.75) is 19.6 Å². The van der Waals surface area contributed by atoms with Gasteiger partial charge in [-0.25, -0.2) is 4.98 Å². The Labute approximate surface area is 150 Å². The summed E-state index contributed by atoms with van der Waals surface area (Å²) >= 11 is 0. The van der Waals surface area contributed by atoms with E-state index in [1.807, 2.05) is 30.1 Å². The Bertz CT molecular complexity index is 938. The van der Waals surface area contributed by atoms with Gasteiger partial charge < -0.3 is 23.8 Å². The maximum absolute atomic E-state index is 12.4. The summed E-state index contributed by atoms with van der Waals surface area (Å²) in [5.74, 6) is 0.614. The van der Waals surface area contributed by atoms with Crippen molar-refractivity contribution in [2.24, 2.45) is 7.05 Å². The molecular formula is C18H19N5O3. The molecule has 0 aliphatic carbocycles. The van der Waals surface area contributed by atoms with Gasteiger partial charge in [0.25, 0.3) is 11.8 Å². The van der Waals surface area contributed by atoms with Crippen LogP contribution in [0.1, 0.15) is 32.4 Å². The first-order valence-corrected chi connectivity index (χ1v) is 8.38. The first-order chi connectivity index (χ1) is 12.6. The van der Waals surface area contributed by atoms with Crippen molar-refractivity contribution < 1.29 is 14.0 Å². The van der Waals surface area contributed by atoms with Crippen molar-refractivity contribution in [3.05, 3.63) is 65.9 Å². The standard InChI is InChI=1S/C18H19N5O3/c1-21-5-2-3-15(21)17(24)19-9-14-10-22-6-7-23(11-16(22)20-14)18(25)13-4-8-26-12-13/h2-5,8,10,12H,6-7,9,11H2,1H3,(H,19,24). The molecule has 0 unspecified atom stereocenters. The summed E-state index contributed by atoms with van der Waals surface area (Å²) in [4.78, 5) is 30.9. The lowest BCUT2D eigenvalue weighted by Gasteiger charge is -2.27. The zero-order valence-corrected chi connectivity index (χ0v) is 14.4. The van der Waals surface area contributed by atoms with Gasteiger partial charge in [-0.05, 0) is 18.2 Å². The van der Waals surface area contributed by atoms with Crippen LogP contribution in [-0.2, 0) is 26.7 Å². The molecule has 3 aromatic rings. The average Bonchev–Trinajstić information content (AvgIpc) is 3.38. The van der Waals surface area contributed by atoms with Crippen molar-refractivity contribution >= 4 is 11.8 Å². The minimum Gasteiger partial charge on any atom is -0.472 e. The molecule has 26 heavy (non-hydrogen) atoms. The van der Waals surface area contributed by atoms with Crippen LogP contribution >= 0.6 is 0 Å². The van der Waals surface area contributed by atoms with Gasteiger partial charge in [-0.15, -0.1) is 0 Å². The van der Waals surface area contributed by atoms with Crippen LogP contribution in [-0.4, -0.2) is 37.4 Å². The molecule has 4 rings (SSSR count). The zero-order valence-electron chi connectivity index (χ0n) is 14.4. The Morgan fingerprint density at radius 3 is 2.92 bits per heavy atom. The van der Waals surface area contributed by atoms with Crippen LogP contribution in [0.2, 0.25) is 0 Å². The summed E-state index contributed by atoms with van der Waals surface area (Å²) in [6.45, 7) is 2.08. The van der Waals surface area contributed by atoms with Crippen LogP contribution < -0.4 is 5.32 Å². The first kappa shape index (κ1) is 16.2. The number of rotatable bonds is 4. The van der Waals surface area contributed by atoms with Gasteiger partial charge in [-0.2, -0.15) is 0 Å². The number of hydrogen-bond donors (Lipinski definition) is 1. The topological polar surface area (TPSA) is 85.3 Å². The number of furan rings is 1. The van der Waals surface area contributed by atoms with E-state index in [1.54, 1.807) is 21.6 Å². The lowest BCUT2D eigenvalue weighted by atomic mass is 10.2. The summed E-state index contributed by atoms with van der Waals surface area (Å²) in [6.07, 6.45) is 6.70. The predicted octanol–water partition coefficient (Wildman–Crippen LogP) is 1.40. The van der Waals surface area contributed by atoms with Gasteiger partial charge in [0.15, 0.2) is 0 Å². The SMILES string of the molecule is Cn1cccc1C(=O)NCc1cn2c(n1)CN(C(=O)c1ccoc1)CC2. The minimum absolute atomic E-state index is 0.0634. The summed E-state index contributed by atoms with van der Waals surface area (Å²) < 4.78 is 8.78. The molecule has 0 spiro atoms. The van der Waals surface area contributed by atoms with Crippen molar-refractivity contribution in [1.82, 2.24) is 24.3 Å². The lowest BCUT2D eigenvalue weighted by Crippen LogP contribution is -2.38. The number of nitrogens with one attached hydrogen (secondary N) is 1. The molecule has 0 radical (unpaired) electrons. The third kappa shape index (κ3) is 3.01. The zero-order chi connectivity index (χ0) is 18.1. The average molecular weight is 353 g/mol. The number of imidazole rings is 1. The number of aryl methyl sites for hydroxylation is 1. The Kier molecular flexibility index (Phi) is 4.08. The van der Waals surface area contributed by atoms with Gasteiger partial charge in [-0.1, -0.05) is 0 Å². The number of fused-ring (bicyclic) bond motifs is 1. The van der Waals surface area contributed by atoms with Gasteiger partial charge in [0.1, 0.15) is 17.8 Å². The molecule has 134 valence electrons. The van der Waals surface area contributed by atoms with E-state index in [2.05, 4.69) is 10.3 Å². The number of carbonyl (C=O) groups excluding carboxylic acids is 2. The molecule has 0 fully saturated rings. The van der Waals surface area contributed by atoms with Crippen LogP contribution in [0.4, 0.5) is 0 Å². The molecule has 0 saturated heterocycles. The van der Waals surface area contributed by atoms with Crippen LogP contribution in [0.5, 0.6) is 0 Å². The summed E-state index contributed by atoms with van der Waals surface area (Å²) in [7, 11) is 1.83. The fourth-order valence-electron chi connectivity index (χ4n) is 3.10. The van der Waals surface area contributed by atoms with Crippen LogP contribution in [0.15, 0.2) is 47.5 Å². The van der Waals surface area contributed by atoms with E-state index in [0.717, 1.165) is 11.5 Å². The molecule has 1 aliphatic rings. The number of nitrogens with zero attached hydrogens (tertiary/aromatic N) is 4. The normalized spacial score (nSPS) is 13.5. The smallest absolute Gasteiger partial charge is 0.268 e. The van der Waals surface area contributed by atoms with E-state index in [0.29, 0.717) is 37.4 Å². The number of aromatic nitrogens is 3. The van der Waals surface area contributed by atoms with Gasteiger partial charge >= 0.3 is 0 Å². The molecule has 8 heteroatoms. The Balaban J connectivity index is 1.41. The number of carbonyl (C=O) groups is 2. The third-order valence-corrected chi connectivity index (χ3v) is 4.51. The Morgan fingerprint density at radius 1 is 1.31 bits per heavy atom. The maximum atomic E-state index is 12.4. The fourth-order valence-corrected chi connectivity index (χ4v) is 3.10. The molecule has 8 nitrogen and oxygen atoms in total. The molecule has 1 aliphatic heterocycles. The lowest BCUT2D eigenvalue weighted by molar-refractivity contribution is 0.0706. The van der Waals surface area contributed by atoms with Gasteiger partial charge in [0, 0.05) is 32.5 Å². The molecule has 1 N–H and O–H groups in total. The second kappa shape index (κ2) is 6.55. The Hall–Kier alpha value is -3.29. The Morgan fingerprint density at radius 2 is 2.19 bits per heavy atom. The molecule has 0 saturated carbocycles. The molecule has 2 amide bonds. The monoisotopic (exact) mass is 353 g/mol. The van der Waals surface area contributed by atoms with Crippen molar-refractivity contribution in [1.29, 1.82) is 0 Å². The van der Waals surface area contributed by atoms with Crippen LogP contribution in [0.3, 0.4) is 0 Å². The van der Waals surface area contributed by atoms with E-state index in [4.69, 9.17) is 4.42 Å². The van der Waals surface area contributed by atoms with Crippen LogP contribution in [0.25, 0.3) is 0 Å². The number of hydrogen-bond acceptors (Lipinski definition) is 4. The molecule has 3 aromatic heterocycles. The predicted molar refractivity (Wildman–Crippen MR) is 92.3 cm³/mol. The third-order valence-electron chi connectivity index (χ3n) is 4.51. The van der Waals surface area contributed by atoms with E-state index in [9.17, 15) is 9.59 Å². The molecule has 0 atom stereocenters. The second-order valence-corrected chi connectivity index (χ2v) is 6.27. The minimum atomic E-state index is -0.139. The van der Waals surface area contributed by atoms with Gasteiger partial charge in [0.05, 0.1) is 30.6 Å².